The largest absolute Gasteiger partial charge is 0.389 e. The first-order chi connectivity index (χ1) is 8.09. The van der Waals surface area contributed by atoms with Crippen molar-refractivity contribution in [3.8, 4) is 0 Å². The average molecular weight is 242 g/mol. The van der Waals surface area contributed by atoms with Gasteiger partial charge in [0.25, 0.3) is 0 Å². The van der Waals surface area contributed by atoms with E-state index in [1.54, 1.807) is 0 Å². The van der Waals surface area contributed by atoms with E-state index in [0.717, 1.165) is 12.8 Å². The average Bonchev–Trinajstić information content (AvgIpc) is 2.81. The third-order valence-corrected chi connectivity index (χ3v) is 3.78. The summed E-state index contributed by atoms with van der Waals surface area (Å²) in [6.45, 7) is 4.71. The molecule has 0 unspecified atom stereocenters. The minimum Gasteiger partial charge on any atom is -0.389 e. The van der Waals surface area contributed by atoms with Gasteiger partial charge in [-0.1, -0.05) is 26.7 Å². The molecule has 0 aliphatic heterocycles. The highest BCUT2D eigenvalue weighted by Crippen LogP contribution is 2.17. The highest BCUT2D eigenvalue weighted by molar-refractivity contribution is 5.78. The lowest BCUT2D eigenvalue weighted by Crippen LogP contribution is -2.45. The standard InChI is InChI=1S/C13H26N2O2/c1-3-13(17,4-2)10-14-9-12(16)15-11-7-5-6-8-11/h11,14,17H,3-10H2,1-2H3,(H,15,16). The molecule has 1 aliphatic carbocycles. The maximum atomic E-state index is 11.6. The Labute approximate surface area is 104 Å². The normalized spacial score (nSPS) is 17.4. The maximum absolute atomic E-state index is 11.6. The van der Waals surface area contributed by atoms with Gasteiger partial charge >= 0.3 is 0 Å². The van der Waals surface area contributed by atoms with Gasteiger partial charge in [-0.05, 0) is 25.7 Å². The second kappa shape index (κ2) is 6.97. The van der Waals surface area contributed by atoms with Crippen LogP contribution in [0.4, 0.5) is 0 Å². The van der Waals surface area contributed by atoms with Gasteiger partial charge in [0.05, 0.1) is 12.1 Å². The maximum Gasteiger partial charge on any atom is 0.234 e. The van der Waals surface area contributed by atoms with E-state index in [-0.39, 0.29) is 5.91 Å². The minimum atomic E-state index is -0.673. The summed E-state index contributed by atoms with van der Waals surface area (Å²) in [6, 6.07) is 0.375. The Hall–Kier alpha value is -0.610. The second-order valence-electron chi connectivity index (χ2n) is 5.08. The van der Waals surface area contributed by atoms with Gasteiger partial charge in [-0.25, -0.2) is 0 Å². The first-order valence-corrected chi connectivity index (χ1v) is 6.82. The lowest BCUT2D eigenvalue weighted by molar-refractivity contribution is -0.121. The van der Waals surface area contributed by atoms with Crippen molar-refractivity contribution in [2.24, 2.45) is 0 Å². The third kappa shape index (κ3) is 5.04. The summed E-state index contributed by atoms with van der Waals surface area (Å²) in [5.74, 6) is 0.0476. The van der Waals surface area contributed by atoms with Crippen LogP contribution in [0.3, 0.4) is 0 Å². The molecule has 0 aromatic carbocycles. The molecule has 1 rings (SSSR count). The second-order valence-corrected chi connectivity index (χ2v) is 5.08. The van der Waals surface area contributed by atoms with Crippen LogP contribution in [-0.2, 0) is 4.79 Å². The van der Waals surface area contributed by atoms with Crippen LogP contribution in [0, 0.1) is 0 Å². The van der Waals surface area contributed by atoms with Gasteiger partial charge in [-0.2, -0.15) is 0 Å². The number of nitrogens with one attached hydrogen (secondary N) is 2. The van der Waals surface area contributed by atoms with Crippen LogP contribution >= 0.6 is 0 Å². The highest BCUT2D eigenvalue weighted by atomic mass is 16.3. The number of hydrogen-bond donors (Lipinski definition) is 3. The zero-order valence-corrected chi connectivity index (χ0v) is 11.1. The summed E-state index contributed by atoms with van der Waals surface area (Å²) >= 11 is 0. The van der Waals surface area contributed by atoms with Crippen LogP contribution < -0.4 is 10.6 Å². The molecule has 0 bridgehead atoms. The molecule has 0 spiro atoms. The molecule has 4 heteroatoms. The summed E-state index contributed by atoms with van der Waals surface area (Å²) in [6.07, 6.45) is 6.09. The van der Waals surface area contributed by atoms with Crippen LogP contribution in [-0.4, -0.2) is 35.7 Å². The molecule has 0 aromatic rings. The van der Waals surface area contributed by atoms with Crippen molar-refractivity contribution in [1.82, 2.24) is 10.6 Å². The monoisotopic (exact) mass is 242 g/mol. The van der Waals surface area contributed by atoms with Crippen LogP contribution in [0.15, 0.2) is 0 Å². The third-order valence-electron chi connectivity index (χ3n) is 3.78. The lowest BCUT2D eigenvalue weighted by Gasteiger charge is -2.25. The van der Waals surface area contributed by atoms with Gasteiger partial charge in [-0.15, -0.1) is 0 Å². The number of amides is 1. The summed E-state index contributed by atoms with van der Waals surface area (Å²) in [4.78, 5) is 11.6. The fraction of sp³-hybridized carbons (Fsp3) is 0.923. The van der Waals surface area contributed by atoms with Gasteiger partial charge in [0.1, 0.15) is 0 Å². The van der Waals surface area contributed by atoms with Crippen molar-refractivity contribution in [2.45, 2.75) is 64.0 Å². The van der Waals surface area contributed by atoms with Gasteiger partial charge in [-0.3, -0.25) is 4.79 Å². The van der Waals surface area contributed by atoms with Crippen LogP contribution in [0.1, 0.15) is 52.4 Å². The number of aliphatic hydroxyl groups is 1. The Bertz CT molecular complexity index is 234. The van der Waals surface area contributed by atoms with E-state index in [1.807, 2.05) is 13.8 Å². The molecule has 1 fully saturated rings. The molecule has 4 nitrogen and oxygen atoms in total. The Balaban J connectivity index is 2.15. The van der Waals surface area contributed by atoms with Crippen molar-refractivity contribution in [1.29, 1.82) is 0 Å². The topological polar surface area (TPSA) is 61.4 Å². The van der Waals surface area contributed by atoms with E-state index in [4.69, 9.17) is 0 Å². The molecule has 0 heterocycles. The molecular formula is C13H26N2O2. The summed E-state index contributed by atoms with van der Waals surface area (Å²) in [7, 11) is 0. The lowest BCUT2D eigenvalue weighted by atomic mass is 9.98. The summed E-state index contributed by atoms with van der Waals surface area (Å²) in [5.41, 5.74) is -0.673. The SMILES string of the molecule is CCC(O)(CC)CNCC(=O)NC1CCCC1. The van der Waals surface area contributed by atoms with Crippen molar-refractivity contribution in [3.63, 3.8) is 0 Å². The molecular weight excluding hydrogens is 216 g/mol. The molecule has 17 heavy (non-hydrogen) atoms. The zero-order chi connectivity index (χ0) is 12.7. The van der Waals surface area contributed by atoms with Crippen molar-refractivity contribution in [3.05, 3.63) is 0 Å². The Morgan fingerprint density at radius 3 is 2.41 bits per heavy atom. The highest BCUT2D eigenvalue weighted by Gasteiger charge is 2.22. The molecule has 1 amide bonds. The molecule has 0 saturated heterocycles. The molecule has 100 valence electrons. The van der Waals surface area contributed by atoms with Gasteiger partial charge < -0.3 is 15.7 Å². The Morgan fingerprint density at radius 1 is 1.29 bits per heavy atom. The summed E-state index contributed by atoms with van der Waals surface area (Å²) < 4.78 is 0. The van der Waals surface area contributed by atoms with Gasteiger partial charge in [0.15, 0.2) is 0 Å². The van der Waals surface area contributed by atoms with Crippen molar-refractivity contribution >= 4 is 5.91 Å². The molecule has 1 aliphatic rings. The number of hydrogen-bond acceptors (Lipinski definition) is 3. The van der Waals surface area contributed by atoms with Crippen molar-refractivity contribution in [2.75, 3.05) is 13.1 Å². The van der Waals surface area contributed by atoms with E-state index in [9.17, 15) is 9.90 Å². The molecule has 0 atom stereocenters. The molecule has 0 aromatic heterocycles. The summed E-state index contributed by atoms with van der Waals surface area (Å²) in [5, 5.41) is 16.1. The number of carbonyl (C=O) groups is 1. The van der Waals surface area contributed by atoms with Crippen LogP contribution in [0.25, 0.3) is 0 Å². The Kier molecular flexibility index (Phi) is 5.92. The van der Waals surface area contributed by atoms with E-state index >= 15 is 0 Å². The zero-order valence-electron chi connectivity index (χ0n) is 11.1. The molecule has 3 N–H and O–H groups in total. The predicted octanol–water partition coefficient (Wildman–Crippen LogP) is 1.19. The minimum absolute atomic E-state index is 0.0476. The molecule has 1 saturated carbocycles. The van der Waals surface area contributed by atoms with E-state index in [0.29, 0.717) is 32.0 Å². The predicted molar refractivity (Wildman–Crippen MR) is 68.8 cm³/mol. The van der Waals surface area contributed by atoms with E-state index in [2.05, 4.69) is 10.6 Å². The van der Waals surface area contributed by atoms with Gasteiger partial charge in [0, 0.05) is 12.6 Å². The van der Waals surface area contributed by atoms with Crippen LogP contribution in [0.5, 0.6) is 0 Å². The van der Waals surface area contributed by atoms with Gasteiger partial charge in [0.2, 0.25) is 5.91 Å². The fourth-order valence-corrected chi connectivity index (χ4v) is 2.26. The van der Waals surface area contributed by atoms with Crippen LogP contribution in [0.2, 0.25) is 0 Å². The first-order valence-electron chi connectivity index (χ1n) is 6.82. The number of carbonyl (C=O) groups excluding carboxylic acids is 1. The van der Waals surface area contributed by atoms with E-state index in [1.165, 1.54) is 12.8 Å². The fourth-order valence-electron chi connectivity index (χ4n) is 2.26. The first kappa shape index (κ1) is 14.5. The smallest absolute Gasteiger partial charge is 0.234 e. The van der Waals surface area contributed by atoms with Crippen molar-refractivity contribution < 1.29 is 9.90 Å². The molecule has 0 radical (unpaired) electrons. The quantitative estimate of drug-likeness (QED) is 0.628. The Morgan fingerprint density at radius 2 is 1.88 bits per heavy atom. The van der Waals surface area contributed by atoms with E-state index < -0.39 is 5.60 Å². The number of rotatable bonds is 7.